The molecular formula is C16H13F4NO2. The number of carbonyl (C=O) groups is 1. The van der Waals surface area contributed by atoms with Gasteiger partial charge in [0.2, 0.25) is 0 Å². The zero-order chi connectivity index (χ0) is 17.0. The largest absolute Gasteiger partial charge is 0.494 e. The Kier molecular flexibility index (Phi) is 4.88. The van der Waals surface area contributed by atoms with Gasteiger partial charge < -0.3 is 10.1 Å². The highest BCUT2D eigenvalue weighted by Gasteiger charge is 2.29. The lowest BCUT2D eigenvalue weighted by atomic mass is 10.1. The van der Waals surface area contributed by atoms with E-state index in [1.807, 2.05) is 0 Å². The summed E-state index contributed by atoms with van der Waals surface area (Å²) in [5.74, 6) is -1.19. The van der Waals surface area contributed by atoms with E-state index in [1.165, 1.54) is 31.4 Å². The fraction of sp³-hybridized carbons (Fsp3) is 0.188. The fourth-order valence-electron chi connectivity index (χ4n) is 1.90. The lowest BCUT2D eigenvalue weighted by molar-refractivity contribution is -0.137. The summed E-state index contributed by atoms with van der Waals surface area (Å²) in [6, 6.07) is 8.17. The SMILES string of the molecule is COc1ccc(C(=O)NCc2ccc(C(F)(F)F)cc2)cc1F. The molecule has 0 spiro atoms. The number of benzene rings is 2. The molecule has 2 aromatic carbocycles. The van der Waals surface area contributed by atoms with E-state index in [2.05, 4.69) is 5.32 Å². The van der Waals surface area contributed by atoms with Crippen molar-refractivity contribution < 1.29 is 27.1 Å². The molecule has 0 saturated heterocycles. The Morgan fingerprint density at radius 2 is 1.78 bits per heavy atom. The Bertz CT molecular complexity index is 696. The third-order valence-corrected chi connectivity index (χ3v) is 3.15. The minimum absolute atomic E-state index is 0.0179. The topological polar surface area (TPSA) is 38.3 Å². The van der Waals surface area contributed by atoms with E-state index in [1.54, 1.807) is 0 Å². The van der Waals surface area contributed by atoms with Crippen molar-refractivity contribution in [3.63, 3.8) is 0 Å². The summed E-state index contributed by atoms with van der Waals surface area (Å²) in [7, 11) is 1.31. The minimum atomic E-state index is -4.40. The Hall–Kier alpha value is -2.57. The van der Waals surface area contributed by atoms with Gasteiger partial charge in [-0.2, -0.15) is 13.2 Å². The van der Waals surface area contributed by atoms with Gasteiger partial charge in [0.05, 0.1) is 12.7 Å². The highest BCUT2D eigenvalue weighted by molar-refractivity contribution is 5.94. The molecule has 0 radical (unpaired) electrons. The molecule has 3 nitrogen and oxygen atoms in total. The third-order valence-electron chi connectivity index (χ3n) is 3.15. The summed E-state index contributed by atoms with van der Waals surface area (Å²) in [6.45, 7) is 0.0324. The first kappa shape index (κ1) is 16.8. The molecule has 0 heterocycles. The number of carbonyl (C=O) groups excluding carboxylic acids is 1. The molecule has 0 aliphatic rings. The molecule has 23 heavy (non-hydrogen) atoms. The van der Waals surface area contributed by atoms with Gasteiger partial charge in [0, 0.05) is 12.1 Å². The molecule has 0 bridgehead atoms. The number of alkyl halides is 3. The van der Waals surface area contributed by atoms with Crippen LogP contribution in [0.1, 0.15) is 21.5 Å². The Balaban J connectivity index is 2.00. The number of hydrogen-bond acceptors (Lipinski definition) is 2. The second-order valence-corrected chi connectivity index (χ2v) is 4.73. The maximum Gasteiger partial charge on any atom is 0.416 e. The summed E-state index contributed by atoms with van der Waals surface area (Å²) < 4.78 is 55.6. The number of rotatable bonds is 4. The Labute approximate surface area is 129 Å². The number of hydrogen-bond donors (Lipinski definition) is 1. The molecule has 7 heteroatoms. The number of methoxy groups -OCH3 is 1. The van der Waals surface area contributed by atoms with Gasteiger partial charge in [-0.3, -0.25) is 4.79 Å². The molecule has 0 aromatic heterocycles. The van der Waals surface area contributed by atoms with Crippen LogP contribution in [0.25, 0.3) is 0 Å². The van der Waals surface area contributed by atoms with Gasteiger partial charge in [-0.05, 0) is 35.9 Å². The van der Waals surface area contributed by atoms with Crippen molar-refractivity contribution in [3.8, 4) is 5.75 Å². The van der Waals surface area contributed by atoms with Gasteiger partial charge in [-0.1, -0.05) is 12.1 Å². The third kappa shape index (κ3) is 4.21. The van der Waals surface area contributed by atoms with Crippen molar-refractivity contribution in [2.75, 3.05) is 7.11 Å². The molecule has 2 aromatic rings. The number of ether oxygens (including phenoxy) is 1. The summed E-state index contributed by atoms with van der Waals surface area (Å²) in [4.78, 5) is 11.9. The van der Waals surface area contributed by atoms with Crippen LogP contribution in [-0.4, -0.2) is 13.0 Å². The number of nitrogens with one attached hydrogen (secondary N) is 1. The summed E-state index contributed by atoms with van der Waals surface area (Å²) in [5.41, 5.74) is -0.166. The second-order valence-electron chi connectivity index (χ2n) is 4.73. The monoisotopic (exact) mass is 327 g/mol. The van der Waals surface area contributed by atoms with Crippen LogP contribution in [0.2, 0.25) is 0 Å². The molecule has 0 atom stereocenters. The van der Waals surface area contributed by atoms with Crippen molar-refractivity contribution in [1.29, 1.82) is 0 Å². The molecule has 0 aliphatic heterocycles. The first-order chi connectivity index (χ1) is 10.8. The molecular weight excluding hydrogens is 314 g/mol. The van der Waals surface area contributed by atoms with Crippen LogP contribution in [-0.2, 0) is 12.7 Å². The Morgan fingerprint density at radius 3 is 2.30 bits per heavy atom. The number of amides is 1. The molecule has 2 rings (SSSR count). The normalized spacial score (nSPS) is 11.2. The van der Waals surface area contributed by atoms with Crippen molar-refractivity contribution >= 4 is 5.91 Å². The van der Waals surface area contributed by atoms with E-state index in [0.717, 1.165) is 18.2 Å². The van der Waals surface area contributed by atoms with Gasteiger partial charge >= 0.3 is 6.18 Å². The molecule has 0 aliphatic carbocycles. The van der Waals surface area contributed by atoms with E-state index in [-0.39, 0.29) is 17.9 Å². The average molecular weight is 327 g/mol. The molecule has 0 unspecified atom stereocenters. The van der Waals surface area contributed by atoms with Crippen LogP contribution in [0.3, 0.4) is 0 Å². The van der Waals surface area contributed by atoms with Gasteiger partial charge in [0.25, 0.3) is 5.91 Å². The van der Waals surface area contributed by atoms with E-state index in [0.29, 0.717) is 5.56 Å². The molecule has 0 fully saturated rings. The first-order valence-electron chi connectivity index (χ1n) is 6.59. The van der Waals surface area contributed by atoms with Crippen LogP contribution in [0.4, 0.5) is 17.6 Å². The molecule has 1 N–H and O–H groups in total. The van der Waals surface area contributed by atoms with Crippen molar-refractivity contribution in [2.45, 2.75) is 12.7 Å². The average Bonchev–Trinajstić information content (AvgIpc) is 2.52. The second kappa shape index (κ2) is 6.68. The van der Waals surface area contributed by atoms with Crippen LogP contribution >= 0.6 is 0 Å². The highest BCUT2D eigenvalue weighted by Crippen LogP contribution is 2.29. The maximum absolute atomic E-state index is 13.5. The lowest BCUT2D eigenvalue weighted by Gasteiger charge is -2.09. The van der Waals surface area contributed by atoms with Gasteiger partial charge in [-0.25, -0.2) is 4.39 Å². The van der Waals surface area contributed by atoms with Crippen molar-refractivity contribution in [3.05, 3.63) is 65.0 Å². The van der Waals surface area contributed by atoms with Gasteiger partial charge in [0.1, 0.15) is 0 Å². The minimum Gasteiger partial charge on any atom is -0.494 e. The van der Waals surface area contributed by atoms with Gasteiger partial charge in [-0.15, -0.1) is 0 Å². The summed E-state index contributed by atoms with van der Waals surface area (Å²) in [5, 5.41) is 2.51. The quantitative estimate of drug-likeness (QED) is 0.868. The van der Waals surface area contributed by atoms with E-state index >= 15 is 0 Å². The molecule has 0 saturated carbocycles. The van der Waals surface area contributed by atoms with E-state index in [9.17, 15) is 22.4 Å². The van der Waals surface area contributed by atoms with Crippen molar-refractivity contribution in [2.24, 2.45) is 0 Å². The standard InChI is InChI=1S/C16H13F4NO2/c1-23-14-7-4-11(8-13(14)17)15(22)21-9-10-2-5-12(6-3-10)16(18,19)20/h2-8H,9H2,1H3,(H,21,22). The van der Waals surface area contributed by atoms with Crippen LogP contribution in [0, 0.1) is 5.82 Å². The van der Waals surface area contributed by atoms with Crippen LogP contribution < -0.4 is 10.1 Å². The first-order valence-corrected chi connectivity index (χ1v) is 6.59. The van der Waals surface area contributed by atoms with Crippen molar-refractivity contribution in [1.82, 2.24) is 5.32 Å². The zero-order valence-corrected chi connectivity index (χ0v) is 12.1. The molecule has 122 valence electrons. The van der Waals surface area contributed by atoms with Gasteiger partial charge in [0.15, 0.2) is 11.6 Å². The smallest absolute Gasteiger partial charge is 0.416 e. The van der Waals surface area contributed by atoms with Crippen LogP contribution in [0.5, 0.6) is 5.75 Å². The van der Waals surface area contributed by atoms with E-state index < -0.39 is 23.5 Å². The zero-order valence-electron chi connectivity index (χ0n) is 12.1. The van der Waals surface area contributed by atoms with E-state index in [4.69, 9.17) is 4.74 Å². The summed E-state index contributed by atoms with van der Waals surface area (Å²) in [6.07, 6.45) is -4.40. The fourth-order valence-corrected chi connectivity index (χ4v) is 1.90. The Morgan fingerprint density at radius 1 is 1.13 bits per heavy atom. The molecule has 1 amide bonds. The predicted molar refractivity (Wildman–Crippen MR) is 75.6 cm³/mol. The number of halogens is 4. The van der Waals surface area contributed by atoms with Crippen LogP contribution in [0.15, 0.2) is 42.5 Å². The summed E-state index contributed by atoms with van der Waals surface area (Å²) >= 11 is 0. The highest BCUT2D eigenvalue weighted by atomic mass is 19.4. The maximum atomic E-state index is 13.5. The lowest BCUT2D eigenvalue weighted by Crippen LogP contribution is -2.23. The predicted octanol–water partition coefficient (Wildman–Crippen LogP) is 3.78.